The largest absolute Gasteiger partial charge is 0.462 e. The molecule has 0 radical (unpaired) electrons. The van der Waals surface area contributed by atoms with Gasteiger partial charge in [0.1, 0.15) is 9.71 Å². The fraction of sp³-hybridized carbons (Fsp3) is 0.579. The summed E-state index contributed by atoms with van der Waals surface area (Å²) in [6.07, 6.45) is 1.66. The fourth-order valence-corrected chi connectivity index (χ4v) is 4.39. The van der Waals surface area contributed by atoms with Gasteiger partial charge in [-0.05, 0) is 6.92 Å². The number of anilines is 2. The van der Waals surface area contributed by atoms with Gasteiger partial charge >= 0.3 is 5.97 Å². The molecule has 0 atom stereocenters. The lowest BCUT2D eigenvalue weighted by Crippen LogP contribution is -2.41. The summed E-state index contributed by atoms with van der Waals surface area (Å²) in [6.45, 7) is 7.54. The number of aromatic nitrogens is 2. The number of hydrogen-bond acceptors (Lipinski definition) is 10. The van der Waals surface area contributed by atoms with Gasteiger partial charge in [-0.25, -0.2) is 14.8 Å². The number of rotatable bonds is 6. The maximum Gasteiger partial charge on any atom is 0.350 e. The van der Waals surface area contributed by atoms with Crippen LogP contribution in [0.25, 0.3) is 10.2 Å². The molecule has 2 aromatic heterocycles. The van der Waals surface area contributed by atoms with Gasteiger partial charge in [-0.15, -0.1) is 11.3 Å². The molecule has 162 valence electrons. The lowest BCUT2D eigenvalue weighted by molar-refractivity contribution is -0.118. The van der Waals surface area contributed by atoms with E-state index in [1.54, 1.807) is 13.1 Å². The molecule has 0 unspecified atom stereocenters. The molecule has 2 aromatic rings. The van der Waals surface area contributed by atoms with Crippen molar-refractivity contribution in [3.05, 3.63) is 11.1 Å². The summed E-state index contributed by atoms with van der Waals surface area (Å²) in [6, 6.07) is 0. The van der Waals surface area contributed by atoms with Crippen molar-refractivity contribution in [3.8, 4) is 0 Å². The maximum atomic E-state index is 12.7. The lowest BCUT2D eigenvalue weighted by atomic mass is 10.3. The molecule has 2 saturated heterocycles. The van der Waals surface area contributed by atoms with E-state index < -0.39 is 5.97 Å². The highest BCUT2D eigenvalue weighted by Crippen LogP contribution is 2.36. The molecule has 0 saturated carbocycles. The Bertz CT molecular complexity index is 908. The van der Waals surface area contributed by atoms with Crippen LogP contribution < -0.4 is 10.2 Å². The van der Waals surface area contributed by atoms with Gasteiger partial charge in [0.2, 0.25) is 11.9 Å². The standard InChI is InChI=1S/C19H25N5O5S/c1-2-29-18(26)16-15(21-14(25)12-23-3-7-27-8-4-23)13-11-20-19(22-17(13)30-16)24-5-9-28-10-6-24/h11H,2-10,12H2,1H3,(H,21,25). The number of fused-ring (bicyclic) bond motifs is 1. The van der Waals surface area contributed by atoms with E-state index in [9.17, 15) is 9.59 Å². The minimum Gasteiger partial charge on any atom is -0.462 e. The first-order valence-electron chi connectivity index (χ1n) is 10.0. The molecule has 4 rings (SSSR count). The quantitative estimate of drug-likeness (QED) is 0.665. The minimum absolute atomic E-state index is 0.195. The Morgan fingerprint density at radius 3 is 2.57 bits per heavy atom. The first kappa shape index (κ1) is 20.9. The van der Waals surface area contributed by atoms with E-state index in [-0.39, 0.29) is 19.1 Å². The van der Waals surface area contributed by atoms with Crippen LogP contribution in [0.1, 0.15) is 16.6 Å². The average Bonchev–Trinajstić information content (AvgIpc) is 3.13. The predicted molar refractivity (Wildman–Crippen MR) is 112 cm³/mol. The van der Waals surface area contributed by atoms with Crippen molar-refractivity contribution in [3.63, 3.8) is 0 Å². The number of morpholine rings is 2. The summed E-state index contributed by atoms with van der Waals surface area (Å²) in [4.78, 5) is 39.3. The van der Waals surface area contributed by atoms with Crippen molar-refractivity contribution in [1.29, 1.82) is 0 Å². The molecule has 0 aromatic carbocycles. The van der Waals surface area contributed by atoms with Gasteiger partial charge in [0.15, 0.2) is 0 Å². The van der Waals surface area contributed by atoms with Crippen LogP contribution >= 0.6 is 11.3 Å². The van der Waals surface area contributed by atoms with Crippen LogP contribution in [0, 0.1) is 0 Å². The van der Waals surface area contributed by atoms with E-state index in [0.29, 0.717) is 79.3 Å². The average molecular weight is 436 g/mol. The summed E-state index contributed by atoms with van der Waals surface area (Å²) < 4.78 is 15.9. The zero-order valence-electron chi connectivity index (χ0n) is 16.9. The van der Waals surface area contributed by atoms with Gasteiger partial charge in [-0.3, -0.25) is 9.69 Å². The first-order chi connectivity index (χ1) is 14.7. The second-order valence-electron chi connectivity index (χ2n) is 6.95. The zero-order chi connectivity index (χ0) is 20.9. The molecule has 2 aliphatic rings. The maximum absolute atomic E-state index is 12.7. The Morgan fingerprint density at radius 1 is 1.17 bits per heavy atom. The highest BCUT2D eigenvalue weighted by molar-refractivity contribution is 7.21. The molecule has 2 fully saturated rings. The zero-order valence-corrected chi connectivity index (χ0v) is 17.7. The van der Waals surface area contributed by atoms with Gasteiger partial charge in [-0.2, -0.15) is 0 Å². The third kappa shape index (κ3) is 4.69. The number of amides is 1. The topological polar surface area (TPSA) is 106 Å². The van der Waals surface area contributed by atoms with Gasteiger partial charge in [0, 0.05) is 32.4 Å². The molecule has 2 aliphatic heterocycles. The van der Waals surface area contributed by atoms with Gasteiger partial charge in [-0.1, -0.05) is 0 Å². The van der Waals surface area contributed by atoms with Crippen LogP contribution in [0.2, 0.25) is 0 Å². The third-order valence-corrected chi connectivity index (χ3v) is 6.01. The highest BCUT2D eigenvalue weighted by Gasteiger charge is 2.25. The number of nitrogens with one attached hydrogen (secondary N) is 1. The summed E-state index contributed by atoms with van der Waals surface area (Å²) in [5.41, 5.74) is 0.417. The second kappa shape index (κ2) is 9.65. The summed E-state index contributed by atoms with van der Waals surface area (Å²) >= 11 is 1.21. The Balaban J connectivity index is 1.60. The number of ether oxygens (including phenoxy) is 3. The summed E-state index contributed by atoms with van der Waals surface area (Å²) in [5.74, 6) is -0.0804. The van der Waals surface area contributed by atoms with Crippen molar-refractivity contribution in [2.45, 2.75) is 6.92 Å². The molecule has 4 heterocycles. The third-order valence-electron chi connectivity index (χ3n) is 4.93. The van der Waals surface area contributed by atoms with Crippen molar-refractivity contribution < 1.29 is 23.8 Å². The van der Waals surface area contributed by atoms with Crippen LogP contribution in [0.5, 0.6) is 0 Å². The van der Waals surface area contributed by atoms with Crippen LogP contribution in [-0.4, -0.2) is 92.5 Å². The van der Waals surface area contributed by atoms with E-state index in [2.05, 4.69) is 15.3 Å². The molecule has 1 N–H and O–H groups in total. The molecule has 0 bridgehead atoms. The SMILES string of the molecule is CCOC(=O)c1sc2nc(N3CCOCC3)ncc2c1NC(=O)CN1CCOCC1. The Kier molecular flexibility index (Phi) is 6.72. The number of hydrogen-bond donors (Lipinski definition) is 1. The van der Waals surface area contributed by atoms with E-state index in [4.69, 9.17) is 14.2 Å². The number of nitrogens with zero attached hydrogens (tertiary/aromatic N) is 4. The normalized spacial score (nSPS) is 17.8. The first-order valence-corrected chi connectivity index (χ1v) is 10.9. The molecule has 11 heteroatoms. The van der Waals surface area contributed by atoms with Crippen molar-refractivity contribution in [2.24, 2.45) is 0 Å². The van der Waals surface area contributed by atoms with E-state index >= 15 is 0 Å². The van der Waals surface area contributed by atoms with Crippen LogP contribution in [0.4, 0.5) is 11.6 Å². The molecule has 10 nitrogen and oxygen atoms in total. The molecule has 0 aliphatic carbocycles. The molecule has 30 heavy (non-hydrogen) atoms. The Hall–Kier alpha value is -2.34. The van der Waals surface area contributed by atoms with E-state index in [1.165, 1.54) is 11.3 Å². The monoisotopic (exact) mass is 435 g/mol. The fourth-order valence-electron chi connectivity index (χ4n) is 3.40. The van der Waals surface area contributed by atoms with E-state index in [0.717, 1.165) is 0 Å². The summed E-state index contributed by atoms with van der Waals surface area (Å²) in [7, 11) is 0. The lowest BCUT2D eigenvalue weighted by Gasteiger charge is -2.26. The van der Waals surface area contributed by atoms with Gasteiger partial charge in [0.25, 0.3) is 0 Å². The molecular weight excluding hydrogens is 410 g/mol. The van der Waals surface area contributed by atoms with E-state index in [1.807, 2.05) is 9.80 Å². The minimum atomic E-state index is -0.477. The number of esters is 1. The molecule has 1 amide bonds. The number of carbonyl (C=O) groups excluding carboxylic acids is 2. The number of thiophene rings is 1. The predicted octanol–water partition coefficient (Wildman–Crippen LogP) is 0.975. The van der Waals surface area contributed by atoms with Crippen molar-refractivity contribution >= 4 is 45.1 Å². The van der Waals surface area contributed by atoms with Crippen LogP contribution in [0.15, 0.2) is 6.20 Å². The van der Waals surface area contributed by atoms with Gasteiger partial charge in [0.05, 0.1) is 50.7 Å². The van der Waals surface area contributed by atoms with Crippen LogP contribution in [0.3, 0.4) is 0 Å². The van der Waals surface area contributed by atoms with Crippen molar-refractivity contribution in [1.82, 2.24) is 14.9 Å². The molecule has 0 spiro atoms. The van der Waals surface area contributed by atoms with Crippen LogP contribution in [-0.2, 0) is 19.0 Å². The second-order valence-corrected chi connectivity index (χ2v) is 7.95. The van der Waals surface area contributed by atoms with Gasteiger partial charge < -0.3 is 24.4 Å². The Labute approximate surface area is 178 Å². The smallest absolute Gasteiger partial charge is 0.350 e. The Morgan fingerprint density at radius 2 is 1.87 bits per heavy atom. The number of carbonyl (C=O) groups is 2. The molecular formula is C19H25N5O5S. The highest BCUT2D eigenvalue weighted by atomic mass is 32.1. The van der Waals surface area contributed by atoms with Crippen molar-refractivity contribution in [2.75, 3.05) is 76.0 Å². The summed E-state index contributed by atoms with van der Waals surface area (Å²) in [5, 5.41) is 3.53.